The summed E-state index contributed by atoms with van der Waals surface area (Å²) in [7, 11) is 3.02. The standard InChI is InChI=1S/C12H13N3O3/c1-17-7-5-8(12(13)16)11(10(6-7)18-2)9-3-4-14-15-9/h3-6H,1-2H3,(H2,13,16)(H,14,15). The molecular formula is C12H13N3O3. The summed E-state index contributed by atoms with van der Waals surface area (Å²) in [5.41, 5.74) is 6.93. The fourth-order valence-corrected chi connectivity index (χ4v) is 1.74. The van der Waals surface area contributed by atoms with Crippen molar-refractivity contribution in [2.45, 2.75) is 0 Å². The first-order valence-corrected chi connectivity index (χ1v) is 5.23. The number of H-pyrrole nitrogens is 1. The topological polar surface area (TPSA) is 90.2 Å². The zero-order valence-electron chi connectivity index (χ0n) is 10.1. The molecule has 1 amide bonds. The van der Waals surface area contributed by atoms with Crippen LogP contribution in [-0.4, -0.2) is 30.3 Å². The first-order valence-electron chi connectivity index (χ1n) is 5.23. The molecule has 0 atom stereocenters. The predicted molar refractivity (Wildman–Crippen MR) is 65.6 cm³/mol. The van der Waals surface area contributed by atoms with Gasteiger partial charge in [0.2, 0.25) is 5.91 Å². The van der Waals surface area contributed by atoms with Crippen LogP contribution in [0.4, 0.5) is 0 Å². The van der Waals surface area contributed by atoms with Gasteiger partial charge >= 0.3 is 0 Å². The van der Waals surface area contributed by atoms with Crippen LogP contribution in [0.15, 0.2) is 24.4 Å². The first kappa shape index (κ1) is 12.0. The van der Waals surface area contributed by atoms with Crippen LogP contribution in [0.3, 0.4) is 0 Å². The summed E-state index contributed by atoms with van der Waals surface area (Å²) in [6, 6.07) is 4.99. The molecule has 0 unspecified atom stereocenters. The minimum absolute atomic E-state index is 0.315. The molecule has 2 rings (SSSR count). The number of carbonyl (C=O) groups excluding carboxylic acids is 1. The highest BCUT2D eigenvalue weighted by molar-refractivity contribution is 6.01. The van der Waals surface area contributed by atoms with E-state index in [0.29, 0.717) is 28.3 Å². The lowest BCUT2D eigenvalue weighted by atomic mass is 10.0. The van der Waals surface area contributed by atoms with Crippen LogP contribution in [-0.2, 0) is 0 Å². The van der Waals surface area contributed by atoms with Gasteiger partial charge in [0.25, 0.3) is 0 Å². The van der Waals surface area contributed by atoms with Crippen molar-refractivity contribution in [1.29, 1.82) is 0 Å². The number of primary amides is 1. The van der Waals surface area contributed by atoms with E-state index in [1.165, 1.54) is 14.2 Å². The number of methoxy groups -OCH3 is 2. The zero-order chi connectivity index (χ0) is 13.1. The number of ether oxygens (including phenoxy) is 2. The highest BCUT2D eigenvalue weighted by atomic mass is 16.5. The molecular weight excluding hydrogens is 234 g/mol. The molecule has 1 aromatic heterocycles. The Morgan fingerprint density at radius 3 is 2.61 bits per heavy atom. The second-order valence-electron chi connectivity index (χ2n) is 3.59. The van der Waals surface area contributed by atoms with Crippen LogP contribution in [0.1, 0.15) is 10.4 Å². The molecule has 0 fully saturated rings. The van der Waals surface area contributed by atoms with Crippen LogP contribution in [0.5, 0.6) is 11.5 Å². The Morgan fingerprint density at radius 2 is 2.11 bits per heavy atom. The van der Waals surface area contributed by atoms with E-state index in [1.54, 1.807) is 24.4 Å². The van der Waals surface area contributed by atoms with Crippen molar-refractivity contribution in [3.05, 3.63) is 30.0 Å². The van der Waals surface area contributed by atoms with Crippen molar-refractivity contribution in [3.63, 3.8) is 0 Å². The van der Waals surface area contributed by atoms with E-state index in [4.69, 9.17) is 15.2 Å². The molecule has 94 valence electrons. The van der Waals surface area contributed by atoms with Crippen molar-refractivity contribution in [1.82, 2.24) is 10.2 Å². The van der Waals surface area contributed by atoms with Crippen molar-refractivity contribution >= 4 is 5.91 Å². The Morgan fingerprint density at radius 1 is 1.33 bits per heavy atom. The number of amides is 1. The molecule has 0 aliphatic rings. The molecule has 2 aromatic rings. The van der Waals surface area contributed by atoms with Gasteiger partial charge in [0, 0.05) is 12.3 Å². The van der Waals surface area contributed by atoms with Gasteiger partial charge in [-0.2, -0.15) is 5.10 Å². The largest absolute Gasteiger partial charge is 0.497 e. The normalized spacial score (nSPS) is 10.1. The van der Waals surface area contributed by atoms with Gasteiger partial charge in [-0.25, -0.2) is 0 Å². The zero-order valence-corrected chi connectivity index (χ0v) is 10.1. The summed E-state index contributed by atoms with van der Waals surface area (Å²) in [4.78, 5) is 11.5. The van der Waals surface area contributed by atoms with E-state index in [0.717, 1.165) is 0 Å². The molecule has 1 heterocycles. The third kappa shape index (κ3) is 2.00. The Balaban J connectivity index is 2.72. The van der Waals surface area contributed by atoms with Gasteiger partial charge in [0.15, 0.2) is 0 Å². The van der Waals surface area contributed by atoms with Crippen LogP contribution in [0, 0.1) is 0 Å². The highest BCUT2D eigenvalue weighted by Crippen LogP contribution is 2.35. The maximum absolute atomic E-state index is 11.5. The number of nitrogens with one attached hydrogen (secondary N) is 1. The minimum atomic E-state index is -0.559. The number of rotatable bonds is 4. The highest BCUT2D eigenvalue weighted by Gasteiger charge is 2.18. The lowest BCUT2D eigenvalue weighted by Crippen LogP contribution is -2.13. The van der Waals surface area contributed by atoms with Crippen LogP contribution < -0.4 is 15.2 Å². The van der Waals surface area contributed by atoms with Crippen molar-refractivity contribution in [2.24, 2.45) is 5.73 Å². The molecule has 6 nitrogen and oxygen atoms in total. The summed E-state index contributed by atoms with van der Waals surface area (Å²) in [5.74, 6) is 0.438. The third-order valence-corrected chi connectivity index (χ3v) is 2.57. The summed E-state index contributed by atoms with van der Waals surface area (Å²) in [5, 5.41) is 6.64. The Kier molecular flexibility index (Phi) is 3.18. The summed E-state index contributed by atoms with van der Waals surface area (Å²) >= 11 is 0. The second-order valence-corrected chi connectivity index (χ2v) is 3.59. The lowest BCUT2D eigenvalue weighted by molar-refractivity contribution is 0.1000. The third-order valence-electron chi connectivity index (χ3n) is 2.57. The predicted octanol–water partition coefficient (Wildman–Crippen LogP) is 1.19. The van der Waals surface area contributed by atoms with Crippen LogP contribution in [0.25, 0.3) is 11.3 Å². The van der Waals surface area contributed by atoms with Crippen molar-refractivity contribution in [3.8, 4) is 22.8 Å². The fraction of sp³-hybridized carbons (Fsp3) is 0.167. The van der Waals surface area contributed by atoms with Gasteiger partial charge in [0.1, 0.15) is 11.5 Å². The number of aromatic amines is 1. The molecule has 0 aliphatic heterocycles. The maximum Gasteiger partial charge on any atom is 0.249 e. The van der Waals surface area contributed by atoms with Gasteiger partial charge in [-0.3, -0.25) is 9.89 Å². The number of hydrogen-bond acceptors (Lipinski definition) is 4. The van der Waals surface area contributed by atoms with Crippen molar-refractivity contribution in [2.75, 3.05) is 14.2 Å². The summed E-state index contributed by atoms with van der Waals surface area (Å²) in [6.45, 7) is 0. The average molecular weight is 247 g/mol. The van der Waals surface area contributed by atoms with E-state index in [2.05, 4.69) is 10.2 Å². The van der Waals surface area contributed by atoms with E-state index in [-0.39, 0.29) is 0 Å². The van der Waals surface area contributed by atoms with E-state index in [9.17, 15) is 4.79 Å². The molecule has 0 radical (unpaired) electrons. The average Bonchev–Trinajstić information content (AvgIpc) is 2.90. The van der Waals surface area contributed by atoms with E-state index in [1.807, 2.05) is 0 Å². The van der Waals surface area contributed by atoms with E-state index >= 15 is 0 Å². The summed E-state index contributed by atoms with van der Waals surface area (Å²) in [6.07, 6.45) is 1.59. The molecule has 1 aromatic carbocycles. The Labute approximate surface area is 104 Å². The number of carbonyl (C=O) groups is 1. The minimum Gasteiger partial charge on any atom is -0.497 e. The summed E-state index contributed by atoms with van der Waals surface area (Å²) < 4.78 is 10.4. The Hall–Kier alpha value is -2.50. The van der Waals surface area contributed by atoms with Gasteiger partial charge in [-0.15, -0.1) is 0 Å². The number of hydrogen-bond donors (Lipinski definition) is 2. The van der Waals surface area contributed by atoms with Gasteiger partial charge in [-0.05, 0) is 12.1 Å². The van der Waals surface area contributed by atoms with Gasteiger partial charge in [-0.1, -0.05) is 0 Å². The maximum atomic E-state index is 11.5. The molecule has 18 heavy (non-hydrogen) atoms. The molecule has 0 saturated heterocycles. The monoisotopic (exact) mass is 247 g/mol. The Bertz CT molecular complexity index is 564. The molecule has 0 spiro atoms. The fourth-order valence-electron chi connectivity index (χ4n) is 1.74. The number of aromatic nitrogens is 2. The van der Waals surface area contributed by atoms with Crippen molar-refractivity contribution < 1.29 is 14.3 Å². The molecule has 3 N–H and O–H groups in total. The van der Waals surface area contributed by atoms with Gasteiger partial charge in [0.05, 0.1) is 31.0 Å². The number of nitrogens with two attached hydrogens (primary N) is 1. The van der Waals surface area contributed by atoms with Crippen LogP contribution in [0.2, 0.25) is 0 Å². The molecule has 0 bridgehead atoms. The number of nitrogens with zero attached hydrogens (tertiary/aromatic N) is 1. The van der Waals surface area contributed by atoms with E-state index < -0.39 is 5.91 Å². The second kappa shape index (κ2) is 4.79. The first-order chi connectivity index (χ1) is 8.67. The molecule has 0 saturated carbocycles. The van der Waals surface area contributed by atoms with Gasteiger partial charge < -0.3 is 15.2 Å². The SMILES string of the molecule is COc1cc(OC)c(-c2ccn[nH]2)c(C(N)=O)c1. The number of benzene rings is 1. The lowest BCUT2D eigenvalue weighted by Gasteiger charge is -2.12. The smallest absolute Gasteiger partial charge is 0.249 e. The quantitative estimate of drug-likeness (QED) is 0.849. The molecule has 0 aliphatic carbocycles. The molecule has 6 heteroatoms. The van der Waals surface area contributed by atoms with Crippen LogP contribution >= 0.6 is 0 Å².